The molecule has 13 heteroatoms. The number of anilines is 1. The number of ether oxygens (including phenoxy) is 3. The third-order valence-corrected chi connectivity index (χ3v) is 6.64. The molecule has 242 valence electrons. The molecule has 3 rings (SSSR count). The van der Waals surface area contributed by atoms with Crippen molar-refractivity contribution in [3.8, 4) is 5.75 Å². The molecule has 2 aromatic rings. The number of carbonyl (C=O) groups is 6. The maximum atomic E-state index is 13.2. The van der Waals surface area contributed by atoms with E-state index in [2.05, 4.69) is 20.7 Å². The molecule has 0 saturated carbocycles. The van der Waals surface area contributed by atoms with E-state index in [0.717, 1.165) is 17.6 Å². The highest BCUT2D eigenvalue weighted by molar-refractivity contribution is 6.32. The van der Waals surface area contributed by atoms with E-state index < -0.39 is 47.3 Å². The first-order valence-corrected chi connectivity index (χ1v) is 14.6. The minimum absolute atomic E-state index is 0.0168. The van der Waals surface area contributed by atoms with Crippen LogP contribution >= 0.6 is 0 Å². The SMILES string of the molecule is COC(=O)C(=O)N1CCC[C@H]1C(=O)N[C@H](Cc1ccccc1)C(=O)NCCC(=O)Nc1cccc(OCC(=O)OC(C)(C)C)c1. The lowest BCUT2D eigenvalue weighted by atomic mass is 10.0. The van der Waals surface area contributed by atoms with Crippen LogP contribution in [0.5, 0.6) is 5.75 Å². The maximum Gasteiger partial charge on any atom is 0.396 e. The Bertz CT molecular complexity index is 1370. The average molecular weight is 625 g/mol. The Balaban J connectivity index is 1.55. The highest BCUT2D eigenvalue weighted by Gasteiger charge is 2.38. The van der Waals surface area contributed by atoms with E-state index in [1.54, 1.807) is 45.0 Å². The zero-order valence-electron chi connectivity index (χ0n) is 25.9. The predicted molar refractivity (Wildman–Crippen MR) is 163 cm³/mol. The number of benzene rings is 2. The van der Waals surface area contributed by atoms with Gasteiger partial charge in [-0.05, 0) is 51.3 Å². The zero-order chi connectivity index (χ0) is 33.0. The Morgan fingerprint density at radius 3 is 2.42 bits per heavy atom. The molecule has 0 bridgehead atoms. The monoisotopic (exact) mass is 624 g/mol. The molecule has 0 radical (unpaired) electrons. The molecular formula is C32H40N4O9. The third-order valence-electron chi connectivity index (χ3n) is 6.64. The lowest BCUT2D eigenvalue weighted by molar-refractivity contribution is -0.159. The van der Waals surface area contributed by atoms with Gasteiger partial charge in [-0.2, -0.15) is 0 Å². The van der Waals surface area contributed by atoms with Crippen molar-refractivity contribution in [1.82, 2.24) is 15.5 Å². The van der Waals surface area contributed by atoms with E-state index >= 15 is 0 Å². The number of likely N-dealkylation sites (tertiary alicyclic amines) is 1. The molecule has 3 N–H and O–H groups in total. The summed E-state index contributed by atoms with van der Waals surface area (Å²) in [6.07, 6.45) is 0.953. The van der Waals surface area contributed by atoms with Crippen LogP contribution in [0.3, 0.4) is 0 Å². The van der Waals surface area contributed by atoms with Gasteiger partial charge in [0.05, 0.1) is 7.11 Å². The van der Waals surface area contributed by atoms with Gasteiger partial charge in [0.15, 0.2) is 6.61 Å². The summed E-state index contributed by atoms with van der Waals surface area (Å²) >= 11 is 0. The van der Waals surface area contributed by atoms with Crippen molar-refractivity contribution in [1.29, 1.82) is 0 Å². The summed E-state index contributed by atoms with van der Waals surface area (Å²) in [5.41, 5.74) is 0.588. The first-order chi connectivity index (χ1) is 21.4. The van der Waals surface area contributed by atoms with E-state index in [-0.39, 0.29) is 38.4 Å². The Hall–Kier alpha value is -4.94. The fourth-order valence-electron chi connectivity index (χ4n) is 4.64. The Kier molecular flexibility index (Phi) is 12.5. The largest absolute Gasteiger partial charge is 0.482 e. The van der Waals surface area contributed by atoms with Crippen molar-refractivity contribution < 1.29 is 43.0 Å². The summed E-state index contributed by atoms with van der Waals surface area (Å²) in [4.78, 5) is 76.2. The molecule has 2 atom stereocenters. The minimum Gasteiger partial charge on any atom is -0.482 e. The molecule has 0 aliphatic carbocycles. The Morgan fingerprint density at radius 1 is 1.00 bits per heavy atom. The van der Waals surface area contributed by atoms with E-state index in [9.17, 15) is 28.8 Å². The van der Waals surface area contributed by atoms with Crippen LogP contribution in [-0.4, -0.2) is 85.0 Å². The van der Waals surface area contributed by atoms with Crippen molar-refractivity contribution in [3.05, 3.63) is 60.2 Å². The molecule has 1 heterocycles. The molecular weight excluding hydrogens is 584 g/mol. The van der Waals surface area contributed by atoms with Crippen molar-refractivity contribution in [3.63, 3.8) is 0 Å². The lowest BCUT2D eigenvalue weighted by Crippen LogP contribution is -2.54. The number of amides is 4. The fraction of sp³-hybridized carbons (Fsp3) is 0.438. The average Bonchev–Trinajstić information content (AvgIpc) is 3.49. The van der Waals surface area contributed by atoms with Crippen molar-refractivity contribution in [2.24, 2.45) is 0 Å². The lowest BCUT2D eigenvalue weighted by Gasteiger charge is -2.25. The van der Waals surface area contributed by atoms with Crippen LogP contribution in [-0.2, 0) is 44.7 Å². The first-order valence-electron chi connectivity index (χ1n) is 14.6. The molecule has 1 saturated heterocycles. The van der Waals surface area contributed by atoms with E-state index in [1.807, 2.05) is 30.3 Å². The fourth-order valence-corrected chi connectivity index (χ4v) is 4.64. The summed E-state index contributed by atoms with van der Waals surface area (Å²) < 4.78 is 15.2. The van der Waals surface area contributed by atoms with Gasteiger partial charge >= 0.3 is 17.8 Å². The van der Waals surface area contributed by atoms with Crippen LogP contribution < -0.4 is 20.7 Å². The number of hydrogen-bond acceptors (Lipinski definition) is 9. The van der Waals surface area contributed by atoms with Crippen LogP contribution in [0.2, 0.25) is 0 Å². The predicted octanol–water partition coefficient (Wildman–Crippen LogP) is 1.74. The summed E-state index contributed by atoms with van der Waals surface area (Å²) in [6.45, 7) is 5.18. The minimum atomic E-state index is -1.06. The van der Waals surface area contributed by atoms with Gasteiger partial charge in [-0.3, -0.25) is 19.2 Å². The van der Waals surface area contributed by atoms with Gasteiger partial charge in [0.2, 0.25) is 17.7 Å². The number of nitrogens with one attached hydrogen (secondary N) is 3. The highest BCUT2D eigenvalue weighted by atomic mass is 16.6. The summed E-state index contributed by atoms with van der Waals surface area (Å²) in [5.74, 6) is -3.60. The molecule has 13 nitrogen and oxygen atoms in total. The van der Waals surface area contributed by atoms with Gasteiger partial charge < -0.3 is 35.1 Å². The van der Waals surface area contributed by atoms with Gasteiger partial charge in [-0.25, -0.2) is 9.59 Å². The molecule has 45 heavy (non-hydrogen) atoms. The Morgan fingerprint density at radius 2 is 1.73 bits per heavy atom. The van der Waals surface area contributed by atoms with Crippen molar-refractivity contribution in [2.75, 3.05) is 32.1 Å². The molecule has 4 amide bonds. The van der Waals surface area contributed by atoms with Crippen LogP contribution in [0, 0.1) is 0 Å². The van der Waals surface area contributed by atoms with Gasteiger partial charge in [-0.1, -0.05) is 36.4 Å². The second kappa shape index (κ2) is 16.2. The van der Waals surface area contributed by atoms with Gasteiger partial charge in [0.25, 0.3) is 0 Å². The normalized spacial score (nSPS) is 14.9. The Labute approximate surface area is 262 Å². The second-order valence-corrected chi connectivity index (χ2v) is 11.4. The zero-order valence-corrected chi connectivity index (χ0v) is 25.9. The standard InChI is InChI=1S/C32H40N4O9/c1-32(2,3)45-27(38)20-44-23-13-8-12-22(19-23)34-26(37)15-16-33-28(39)24(18-21-10-6-5-7-11-21)35-29(40)25-14-9-17-36(25)30(41)31(42)43-4/h5-8,10-13,19,24-25H,9,14-18,20H2,1-4H3,(H,33,39)(H,34,37)(H,35,40)/t24-,25+/m1/s1. The van der Waals surface area contributed by atoms with E-state index in [0.29, 0.717) is 24.3 Å². The quantitative estimate of drug-likeness (QED) is 0.235. The molecule has 0 aromatic heterocycles. The third kappa shape index (κ3) is 11.2. The number of hydrogen-bond donors (Lipinski definition) is 3. The summed E-state index contributed by atoms with van der Waals surface area (Å²) in [6, 6.07) is 13.7. The van der Waals surface area contributed by atoms with Crippen LogP contribution in [0.15, 0.2) is 54.6 Å². The van der Waals surface area contributed by atoms with Gasteiger partial charge in [0, 0.05) is 37.7 Å². The second-order valence-electron chi connectivity index (χ2n) is 11.4. The number of rotatable bonds is 12. The van der Waals surface area contributed by atoms with Gasteiger partial charge in [0.1, 0.15) is 23.4 Å². The molecule has 1 aliphatic heterocycles. The highest BCUT2D eigenvalue weighted by Crippen LogP contribution is 2.19. The topological polar surface area (TPSA) is 169 Å². The van der Waals surface area contributed by atoms with Crippen LogP contribution in [0.4, 0.5) is 5.69 Å². The summed E-state index contributed by atoms with van der Waals surface area (Å²) in [5, 5.41) is 8.13. The van der Waals surface area contributed by atoms with Crippen molar-refractivity contribution in [2.45, 2.75) is 64.1 Å². The van der Waals surface area contributed by atoms with Crippen LogP contribution in [0.25, 0.3) is 0 Å². The summed E-state index contributed by atoms with van der Waals surface area (Å²) in [7, 11) is 1.09. The molecule has 0 unspecified atom stereocenters. The number of esters is 2. The number of carbonyl (C=O) groups excluding carboxylic acids is 6. The molecule has 1 fully saturated rings. The smallest absolute Gasteiger partial charge is 0.396 e. The van der Waals surface area contributed by atoms with E-state index in [4.69, 9.17) is 9.47 Å². The molecule has 2 aromatic carbocycles. The maximum absolute atomic E-state index is 13.2. The van der Waals surface area contributed by atoms with E-state index in [1.165, 1.54) is 0 Å². The van der Waals surface area contributed by atoms with Crippen LogP contribution in [0.1, 0.15) is 45.6 Å². The van der Waals surface area contributed by atoms with Crippen molar-refractivity contribution >= 4 is 41.3 Å². The number of methoxy groups -OCH3 is 1. The molecule has 0 spiro atoms. The molecule has 1 aliphatic rings. The first kappa shape index (κ1) is 34.5. The number of nitrogens with zero attached hydrogens (tertiary/aromatic N) is 1. The van der Waals surface area contributed by atoms with Gasteiger partial charge in [-0.15, -0.1) is 0 Å².